The van der Waals surface area contributed by atoms with E-state index in [0.717, 1.165) is 22.6 Å². The van der Waals surface area contributed by atoms with Crippen LogP contribution in [0.2, 0.25) is 0 Å². The molecule has 0 aliphatic heterocycles. The second-order valence-corrected chi connectivity index (χ2v) is 5.72. The summed E-state index contributed by atoms with van der Waals surface area (Å²) < 4.78 is 11.4. The van der Waals surface area contributed by atoms with Crippen molar-refractivity contribution in [3.63, 3.8) is 0 Å². The summed E-state index contributed by atoms with van der Waals surface area (Å²) in [6, 6.07) is 25.5. The first kappa shape index (κ1) is 16.6. The lowest BCUT2D eigenvalue weighted by Gasteiger charge is -2.09. The first-order valence-electron chi connectivity index (χ1n) is 8.17. The van der Waals surface area contributed by atoms with Gasteiger partial charge in [-0.1, -0.05) is 42.0 Å². The van der Waals surface area contributed by atoms with Crippen LogP contribution in [0.25, 0.3) is 11.1 Å². The summed E-state index contributed by atoms with van der Waals surface area (Å²) in [5, 5.41) is 8.85. The fourth-order valence-electron chi connectivity index (χ4n) is 2.43. The second-order valence-electron chi connectivity index (χ2n) is 5.72. The van der Waals surface area contributed by atoms with E-state index in [-0.39, 0.29) is 0 Å². The average Bonchev–Trinajstić information content (AvgIpc) is 2.67. The zero-order chi connectivity index (χ0) is 17.5. The van der Waals surface area contributed by atoms with Gasteiger partial charge in [0.25, 0.3) is 0 Å². The number of aryl methyl sites for hydroxylation is 1. The summed E-state index contributed by atoms with van der Waals surface area (Å²) in [6.07, 6.45) is 0. The average molecular weight is 329 g/mol. The van der Waals surface area contributed by atoms with Gasteiger partial charge in [-0.05, 0) is 54.4 Å². The maximum absolute atomic E-state index is 8.85. The lowest BCUT2D eigenvalue weighted by molar-refractivity contribution is 0.217. The topological polar surface area (TPSA) is 42.2 Å². The summed E-state index contributed by atoms with van der Waals surface area (Å²) in [4.78, 5) is 0. The molecular formula is C22H19NO2. The minimum absolute atomic E-state index is 0.490. The van der Waals surface area contributed by atoms with Crippen LogP contribution in [0.1, 0.15) is 11.1 Å². The van der Waals surface area contributed by atoms with Crippen molar-refractivity contribution in [1.29, 1.82) is 5.26 Å². The Hall–Kier alpha value is -3.25. The third kappa shape index (κ3) is 4.62. The minimum atomic E-state index is 0.490. The molecule has 0 amide bonds. The van der Waals surface area contributed by atoms with Crippen LogP contribution in [0.5, 0.6) is 11.5 Å². The molecule has 3 heteroatoms. The van der Waals surface area contributed by atoms with Crippen LogP contribution in [-0.4, -0.2) is 13.2 Å². The molecule has 0 aliphatic carbocycles. The van der Waals surface area contributed by atoms with Crippen molar-refractivity contribution >= 4 is 0 Å². The largest absolute Gasteiger partial charge is 0.490 e. The Morgan fingerprint density at radius 3 is 1.60 bits per heavy atom. The molecule has 3 aromatic rings. The molecular weight excluding hydrogens is 310 g/mol. The highest BCUT2D eigenvalue weighted by Gasteiger charge is 2.00. The predicted molar refractivity (Wildman–Crippen MR) is 98.8 cm³/mol. The van der Waals surface area contributed by atoms with Gasteiger partial charge < -0.3 is 9.47 Å². The molecule has 3 aromatic carbocycles. The number of hydrogen-bond donors (Lipinski definition) is 0. The van der Waals surface area contributed by atoms with Crippen LogP contribution >= 0.6 is 0 Å². The summed E-state index contributed by atoms with van der Waals surface area (Å²) in [5.41, 5.74) is 4.05. The van der Waals surface area contributed by atoms with Gasteiger partial charge >= 0.3 is 0 Å². The van der Waals surface area contributed by atoms with Crippen LogP contribution < -0.4 is 9.47 Å². The van der Waals surface area contributed by atoms with E-state index in [1.165, 1.54) is 5.56 Å². The molecule has 0 spiro atoms. The van der Waals surface area contributed by atoms with Crippen LogP contribution in [-0.2, 0) is 0 Å². The minimum Gasteiger partial charge on any atom is -0.490 e. The SMILES string of the molecule is Cc1ccc(OCCOc2ccc(-c3ccc(C#N)cc3)cc2)cc1. The summed E-state index contributed by atoms with van der Waals surface area (Å²) >= 11 is 0. The molecule has 0 aliphatic rings. The van der Waals surface area contributed by atoms with Gasteiger partial charge in [0, 0.05) is 0 Å². The maximum atomic E-state index is 8.85. The highest BCUT2D eigenvalue weighted by Crippen LogP contribution is 2.22. The fraction of sp³-hybridized carbons (Fsp3) is 0.136. The molecule has 124 valence electrons. The number of ether oxygens (including phenoxy) is 2. The molecule has 0 heterocycles. The molecule has 0 fully saturated rings. The molecule has 0 unspecified atom stereocenters. The molecule has 0 bridgehead atoms. The maximum Gasteiger partial charge on any atom is 0.122 e. The Labute approximate surface area is 148 Å². The van der Waals surface area contributed by atoms with Gasteiger partial charge in [-0.15, -0.1) is 0 Å². The molecule has 0 radical (unpaired) electrons. The lowest BCUT2D eigenvalue weighted by atomic mass is 10.0. The quantitative estimate of drug-likeness (QED) is 0.598. The van der Waals surface area contributed by atoms with Crippen LogP contribution in [0.15, 0.2) is 72.8 Å². The predicted octanol–water partition coefficient (Wildman–Crippen LogP) is 4.99. The standard InChI is InChI=1S/C22H19NO2/c1-17-2-10-21(11-3-17)24-14-15-25-22-12-8-20(9-13-22)19-6-4-18(16-23)5-7-19/h2-13H,14-15H2,1H3. The van der Waals surface area contributed by atoms with Gasteiger partial charge in [-0.3, -0.25) is 0 Å². The third-order valence-corrected chi connectivity index (χ3v) is 3.84. The van der Waals surface area contributed by atoms with Crippen molar-refractivity contribution < 1.29 is 9.47 Å². The molecule has 0 N–H and O–H groups in total. The number of nitrogens with zero attached hydrogens (tertiary/aromatic N) is 1. The Bertz CT molecular complexity index is 845. The van der Waals surface area contributed by atoms with Crippen molar-refractivity contribution in [2.45, 2.75) is 6.92 Å². The van der Waals surface area contributed by atoms with Crippen molar-refractivity contribution in [1.82, 2.24) is 0 Å². The van der Waals surface area contributed by atoms with Crippen molar-refractivity contribution in [3.05, 3.63) is 83.9 Å². The molecule has 0 aromatic heterocycles. The van der Waals surface area contributed by atoms with E-state index < -0.39 is 0 Å². The molecule has 0 saturated carbocycles. The van der Waals surface area contributed by atoms with Crippen molar-refractivity contribution in [3.8, 4) is 28.7 Å². The number of hydrogen-bond acceptors (Lipinski definition) is 3. The summed E-state index contributed by atoms with van der Waals surface area (Å²) in [7, 11) is 0. The second kappa shape index (κ2) is 8.03. The first-order chi connectivity index (χ1) is 12.2. The highest BCUT2D eigenvalue weighted by molar-refractivity contribution is 5.64. The van der Waals surface area contributed by atoms with Gasteiger partial charge in [-0.2, -0.15) is 5.26 Å². The lowest BCUT2D eigenvalue weighted by Crippen LogP contribution is -2.08. The first-order valence-corrected chi connectivity index (χ1v) is 8.17. The molecule has 3 nitrogen and oxygen atoms in total. The fourth-order valence-corrected chi connectivity index (χ4v) is 2.43. The van der Waals surface area contributed by atoms with E-state index in [1.54, 1.807) is 0 Å². The van der Waals surface area contributed by atoms with E-state index in [0.29, 0.717) is 18.8 Å². The monoisotopic (exact) mass is 329 g/mol. The number of rotatable bonds is 6. The van der Waals surface area contributed by atoms with Gasteiger partial charge in [0.1, 0.15) is 24.7 Å². The van der Waals surface area contributed by atoms with E-state index in [1.807, 2.05) is 72.8 Å². The zero-order valence-electron chi connectivity index (χ0n) is 14.1. The zero-order valence-corrected chi connectivity index (χ0v) is 14.1. The number of nitriles is 1. The van der Waals surface area contributed by atoms with Crippen molar-refractivity contribution in [2.75, 3.05) is 13.2 Å². The molecule has 0 saturated heterocycles. The molecule has 0 atom stereocenters. The van der Waals surface area contributed by atoms with Gasteiger partial charge in [0.15, 0.2) is 0 Å². The van der Waals surface area contributed by atoms with Crippen molar-refractivity contribution in [2.24, 2.45) is 0 Å². The molecule has 25 heavy (non-hydrogen) atoms. The highest BCUT2D eigenvalue weighted by atomic mass is 16.5. The van der Waals surface area contributed by atoms with Gasteiger partial charge in [0.05, 0.1) is 11.6 Å². The van der Waals surface area contributed by atoms with E-state index in [2.05, 4.69) is 13.0 Å². The summed E-state index contributed by atoms with van der Waals surface area (Å²) in [5.74, 6) is 1.66. The molecule has 3 rings (SSSR count). The van der Waals surface area contributed by atoms with E-state index in [9.17, 15) is 0 Å². The third-order valence-electron chi connectivity index (χ3n) is 3.84. The van der Waals surface area contributed by atoms with Gasteiger partial charge in [-0.25, -0.2) is 0 Å². The van der Waals surface area contributed by atoms with Gasteiger partial charge in [0.2, 0.25) is 0 Å². The smallest absolute Gasteiger partial charge is 0.122 e. The summed E-state index contributed by atoms with van der Waals surface area (Å²) in [6.45, 7) is 3.04. The van der Waals surface area contributed by atoms with Crippen LogP contribution in [0.3, 0.4) is 0 Å². The Morgan fingerprint density at radius 2 is 1.12 bits per heavy atom. The van der Waals surface area contributed by atoms with E-state index >= 15 is 0 Å². The van der Waals surface area contributed by atoms with Crippen LogP contribution in [0.4, 0.5) is 0 Å². The normalized spacial score (nSPS) is 10.1. The Balaban J connectivity index is 1.50. The number of benzene rings is 3. The van der Waals surface area contributed by atoms with Crippen LogP contribution in [0, 0.1) is 18.3 Å². The Kier molecular flexibility index (Phi) is 5.33. The van der Waals surface area contributed by atoms with E-state index in [4.69, 9.17) is 14.7 Å². The Morgan fingerprint density at radius 1 is 0.680 bits per heavy atom.